The average molecular weight is 394 g/mol. The van der Waals surface area contributed by atoms with Gasteiger partial charge in [-0.15, -0.1) is 0 Å². The van der Waals surface area contributed by atoms with Gasteiger partial charge in [-0.05, 0) is 32.0 Å². The molecule has 1 amide bonds. The molecular formula is C16H16Cl2F3N3O. The Morgan fingerprint density at radius 2 is 1.76 bits per heavy atom. The first-order chi connectivity index (χ1) is 11.5. The highest BCUT2D eigenvalue weighted by atomic mass is 35.5. The number of hydrogen-bond acceptors (Lipinski definition) is 2. The molecule has 0 atom stereocenters. The van der Waals surface area contributed by atoms with Crippen LogP contribution >= 0.6 is 23.2 Å². The number of alkyl halides is 3. The number of rotatable bonds is 4. The number of anilines is 1. The highest BCUT2D eigenvalue weighted by Crippen LogP contribution is 2.26. The minimum atomic E-state index is -4.38. The topological polar surface area (TPSA) is 38.1 Å². The fourth-order valence-electron chi connectivity index (χ4n) is 2.46. The van der Waals surface area contributed by atoms with Crippen LogP contribution < -0.4 is 4.90 Å². The average Bonchev–Trinajstić information content (AvgIpc) is 2.71. The molecular weight excluding hydrogens is 378 g/mol. The molecule has 0 aliphatic heterocycles. The third kappa shape index (κ3) is 4.89. The lowest BCUT2D eigenvalue weighted by molar-refractivity contribution is -0.142. The van der Waals surface area contributed by atoms with Crippen LogP contribution in [0.2, 0.25) is 10.0 Å². The molecule has 0 aliphatic rings. The third-order valence-corrected chi connectivity index (χ3v) is 4.23. The van der Waals surface area contributed by atoms with Gasteiger partial charge in [0.15, 0.2) is 0 Å². The van der Waals surface area contributed by atoms with E-state index in [4.69, 9.17) is 23.2 Å². The van der Waals surface area contributed by atoms with Crippen LogP contribution in [-0.2, 0) is 17.8 Å². The Labute approximate surface area is 153 Å². The Hall–Kier alpha value is -1.73. The number of benzene rings is 1. The molecule has 0 unspecified atom stereocenters. The standard InChI is InChI=1S/C16H16Cl2F3N3O/c1-9-14(10(2)24(22-9)8-16(19,20)21)7-15(25)23(3)13-5-11(17)4-12(18)6-13/h4-6H,7-8H2,1-3H3. The number of amides is 1. The van der Waals surface area contributed by atoms with Crippen LogP contribution in [0, 0.1) is 13.8 Å². The first-order valence-electron chi connectivity index (χ1n) is 7.30. The number of carbonyl (C=O) groups is 1. The largest absolute Gasteiger partial charge is 0.408 e. The van der Waals surface area contributed by atoms with E-state index < -0.39 is 12.7 Å². The minimum Gasteiger partial charge on any atom is -0.315 e. The van der Waals surface area contributed by atoms with Gasteiger partial charge in [0, 0.05) is 34.0 Å². The predicted molar refractivity (Wildman–Crippen MR) is 91.3 cm³/mol. The quantitative estimate of drug-likeness (QED) is 0.762. The fraction of sp³-hybridized carbons (Fsp3) is 0.375. The van der Waals surface area contributed by atoms with Crippen molar-refractivity contribution in [2.45, 2.75) is 33.0 Å². The number of likely N-dealkylation sites (N-methyl/N-ethyl adjacent to an activating group) is 1. The molecule has 2 rings (SSSR count). The smallest absolute Gasteiger partial charge is 0.315 e. The number of aromatic nitrogens is 2. The van der Waals surface area contributed by atoms with Crippen molar-refractivity contribution in [3.63, 3.8) is 0 Å². The summed E-state index contributed by atoms with van der Waals surface area (Å²) < 4.78 is 38.6. The van der Waals surface area contributed by atoms with Crippen molar-refractivity contribution in [2.75, 3.05) is 11.9 Å². The Morgan fingerprint density at radius 3 is 2.28 bits per heavy atom. The molecule has 0 aliphatic carbocycles. The Bertz CT molecular complexity index is 782. The van der Waals surface area contributed by atoms with E-state index in [9.17, 15) is 18.0 Å². The molecule has 4 nitrogen and oxygen atoms in total. The van der Waals surface area contributed by atoms with E-state index in [0.29, 0.717) is 32.7 Å². The van der Waals surface area contributed by atoms with Crippen LogP contribution in [0.15, 0.2) is 18.2 Å². The molecule has 0 saturated heterocycles. The summed E-state index contributed by atoms with van der Waals surface area (Å²) in [4.78, 5) is 13.9. The van der Waals surface area contributed by atoms with Crippen molar-refractivity contribution >= 4 is 34.8 Å². The summed E-state index contributed by atoms with van der Waals surface area (Å²) in [6.07, 6.45) is -4.45. The van der Waals surface area contributed by atoms with Crippen molar-refractivity contribution in [1.29, 1.82) is 0 Å². The van der Waals surface area contributed by atoms with E-state index in [1.165, 1.54) is 11.8 Å². The normalized spacial score (nSPS) is 11.7. The van der Waals surface area contributed by atoms with Gasteiger partial charge in [-0.1, -0.05) is 23.2 Å². The lowest BCUT2D eigenvalue weighted by Gasteiger charge is -2.18. The second-order valence-electron chi connectivity index (χ2n) is 5.68. The Morgan fingerprint density at radius 1 is 1.20 bits per heavy atom. The highest BCUT2D eigenvalue weighted by molar-refractivity contribution is 6.35. The molecule has 1 aromatic carbocycles. The van der Waals surface area contributed by atoms with Gasteiger partial charge in [-0.3, -0.25) is 9.48 Å². The fourth-order valence-corrected chi connectivity index (χ4v) is 2.97. The monoisotopic (exact) mass is 393 g/mol. The van der Waals surface area contributed by atoms with Crippen molar-refractivity contribution in [3.8, 4) is 0 Å². The zero-order valence-corrected chi connectivity index (χ0v) is 15.3. The van der Waals surface area contributed by atoms with E-state index in [1.54, 1.807) is 32.2 Å². The van der Waals surface area contributed by atoms with Gasteiger partial charge < -0.3 is 4.90 Å². The van der Waals surface area contributed by atoms with Crippen LogP contribution in [-0.4, -0.2) is 28.9 Å². The van der Waals surface area contributed by atoms with Crippen molar-refractivity contribution in [3.05, 3.63) is 45.2 Å². The molecule has 25 heavy (non-hydrogen) atoms. The van der Waals surface area contributed by atoms with Crippen molar-refractivity contribution in [2.24, 2.45) is 0 Å². The molecule has 0 bridgehead atoms. The Kier molecular flexibility index (Phi) is 5.68. The zero-order valence-electron chi connectivity index (χ0n) is 13.8. The van der Waals surface area contributed by atoms with Crippen molar-refractivity contribution in [1.82, 2.24) is 9.78 Å². The lowest BCUT2D eigenvalue weighted by Crippen LogP contribution is -2.28. The number of halogens is 5. The maximum Gasteiger partial charge on any atom is 0.408 e. The number of hydrogen-bond donors (Lipinski definition) is 0. The molecule has 0 saturated carbocycles. The van der Waals surface area contributed by atoms with Crippen molar-refractivity contribution < 1.29 is 18.0 Å². The molecule has 0 fully saturated rings. The van der Waals surface area contributed by atoms with Gasteiger partial charge >= 0.3 is 6.18 Å². The highest BCUT2D eigenvalue weighted by Gasteiger charge is 2.30. The molecule has 0 spiro atoms. The molecule has 2 aromatic rings. The third-order valence-electron chi connectivity index (χ3n) is 3.80. The summed E-state index contributed by atoms with van der Waals surface area (Å²) in [5, 5.41) is 4.66. The lowest BCUT2D eigenvalue weighted by atomic mass is 10.1. The zero-order chi connectivity index (χ0) is 18.9. The van der Waals surface area contributed by atoms with Crippen LogP contribution in [0.4, 0.5) is 18.9 Å². The second-order valence-corrected chi connectivity index (χ2v) is 6.55. The van der Waals surface area contributed by atoms with Gasteiger partial charge in [0.2, 0.25) is 5.91 Å². The summed E-state index contributed by atoms with van der Waals surface area (Å²) in [5.74, 6) is -0.309. The van der Waals surface area contributed by atoms with Crippen LogP contribution in [0.1, 0.15) is 17.0 Å². The summed E-state index contributed by atoms with van der Waals surface area (Å²) in [6, 6.07) is 4.71. The maximum atomic E-state index is 12.6. The number of aryl methyl sites for hydroxylation is 1. The first kappa shape index (κ1) is 19.6. The summed E-state index contributed by atoms with van der Waals surface area (Å²) in [5.41, 5.74) is 1.70. The predicted octanol–water partition coefficient (Wildman–Crippen LogP) is 4.57. The number of nitrogens with zero attached hydrogens (tertiary/aromatic N) is 3. The second kappa shape index (κ2) is 7.25. The van der Waals surface area contributed by atoms with E-state index in [1.807, 2.05) is 0 Å². The minimum absolute atomic E-state index is 0.0733. The van der Waals surface area contributed by atoms with E-state index in [0.717, 1.165) is 4.68 Å². The van der Waals surface area contributed by atoms with Crippen LogP contribution in [0.3, 0.4) is 0 Å². The molecule has 0 N–H and O–H groups in total. The SMILES string of the molecule is Cc1nn(CC(F)(F)F)c(C)c1CC(=O)N(C)c1cc(Cl)cc(Cl)c1. The van der Waals surface area contributed by atoms with E-state index in [2.05, 4.69) is 5.10 Å². The van der Waals surface area contributed by atoms with E-state index >= 15 is 0 Å². The number of carbonyl (C=O) groups excluding carboxylic acids is 1. The molecule has 136 valence electrons. The van der Waals surface area contributed by atoms with Crippen LogP contribution in [0.5, 0.6) is 0 Å². The van der Waals surface area contributed by atoms with E-state index in [-0.39, 0.29) is 12.3 Å². The summed E-state index contributed by atoms with van der Waals surface area (Å²) >= 11 is 11.9. The summed E-state index contributed by atoms with van der Waals surface area (Å²) in [7, 11) is 1.55. The summed E-state index contributed by atoms with van der Waals surface area (Å²) in [6.45, 7) is 1.91. The van der Waals surface area contributed by atoms with Crippen LogP contribution in [0.25, 0.3) is 0 Å². The molecule has 0 radical (unpaired) electrons. The van der Waals surface area contributed by atoms with Gasteiger partial charge in [-0.2, -0.15) is 18.3 Å². The maximum absolute atomic E-state index is 12.6. The van der Waals surface area contributed by atoms with Gasteiger partial charge in [-0.25, -0.2) is 0 Å². The first-order valence-corrected chi connectivity index (χ1v) is 8.06. The molecule has 9 heteroatoms. The molecule has 1 heterocycles. The van der Waals surface area contributed by atoms with Gasteiger partial charge in [0.25, 0.3) is 0 Å². The Balaban J connectivity index is 2.23. The van der Waals surface area contributed by atoms with Gasteiger partial charge in [0.1, 0.15) is 6.54 Å². The molecule has 1 aromatic heterocycles. The van der Waals surface area contributed by atoms with Gasteiger partial charge in [0.05, 0.1) is 12.1 Å².